The van der Waals surface area contributed by atoms with Gasteiger partial charge in [0, 0.05) is 12.1 Å². The molecule has 2 saturated heterocycles. The van der Waals surface area contributed by atoms with E-state index in [9.17, 15) is 17.6 Å². The van der Waals surface area contributed by atoms with Crippen LogP contribution in [0.15, 0.2) is 24.3 Å². The van der Waals surface area contributed by atoms with Gasteiger partial charge in [0.2, 0.25) is 5.91 Å². The first-order chi connectivity index (χ1) is 11.4. The second-order valence-electron chi connectivity index (χ2n) is 6.49. The molecule has 0 aromatic heterocycles. The summed E-state index contributed by atoms with van der Waals surface area (Å²) in [4.78, 5) is 12.3. The van der Waals surface area contributed by atoms with Crippen molar-refractivity contribution in [2.24, 2.45) is 5.92 Å². The monoisotopic (exact) mass is 355 g/mol. The van der Waals surface area contributed by atoms with E-state index in [4.69, 9.17) is 0 Å². The summed E-state index contributed by atoms with van der Waals surface area (Å²) in [7, 11) is -2.88. The highest BCUT2D eigenvalue weighted by molar-refractivity contribution is 7.91. The van der Waals surface area contributed by atoms with Crippen LogP contribution < -0.4 is 16.2 Å². The van der Waals surface area contributed by atoms with Gasteiger partial charge < -0.3 is 5.32 Å². The molecular formula is C16H22FN3O3S. The number of benzene rings is 1. The fourth-order valence-electron chi connectivity index (χ4n) is 3.20. The summed E-state index contributed by atoms with van der Waals surface area (Å²) in [6.07, 6.45) is 1.65. The molecule has 6 nitrogen and oxygen atoms in total. The lowest BCUT2D eigenvalue weighted by Gasteiger charge is -2.22. The Hall–Kier alpha value is -1.51. The van der Waals surface area contributed by atoms with Crippen molar-refractivity contribution < 1.29 is 17.6 Å². The quantitative estimate of drug-likeness (QED) is 0.739. The minimum absolute atomic E-state index is 0.144. The van der Waals surface area contributed by atoms with Gasteiger partial charge in [-0.25, -0.2) is 23.7 Å². The van der Waals surface area contributed by atoms with E-state index >= 15 is 0 Å². The van der Waals surface area contributed by atoms with E-state index < -0.39 is 15.9 Å². The van der Waals surface area contributed by atoms with Gasteiger partial charge in [-0.1, -0.05) is 18.2 Å². The van der Waals surface area contributed by atoms with E-state index in [1.165, 1.54) is 6.07 Å². The van der Waals surface area contributed by atoms with Crippen LogP contribution in [0.25, 0.3) is 0 Å². The van der Waals surface area contributed by atoms with Crippen LogP contribution in [0.4, 0.5) is 4.39 Å². The normalized spacial score (nSPS) is 27.0. The number of halogens is 1. The minimum atomic E-state index is -2.88. The maximum atomic E-state index is 13.8. The summed E-state index contributed by atoms with van der Waals surface area (Å²) in [5.74, 6) is 0.170. The molecule has 0 saturated carbocycles. The first-order valence-corrected chi connectivity index (χ1v) is 10.0. The average Bonchev–Trinajstić information content (AvgIpc) is 3.04. The van der Waals surface area contributed by atoms with Crippen LogP contribution in [-0.4, -0.2) is 38.4 Å². The molecule has 24 heavy (non-hydrogen) atoms. The van der Waals surface area contributed by atoms with Crippen molar-refractivity contribution in [1.82, 2.24) is 16.2 Å². The molecule has 0 bridgehead atoms. The molecule has 2 fully saturated rings. The molecule has 3 rings (SSSR count). The lowest BCUT2D eigenvalue weighted by atomic mass is 10.0. The van der Waals surface area contributed by atoms with Gasteiger partial charge in [-0.05, 0) is 31.2 Å². The van der Waals surface area contributed by atoms with E-state index in [1.807, 2.05) is 0 Å². The molecule has 8 heteroatoms. The van der Waals surface area contributed by atoms with Gasteiger partial charge in [-0.2, -0.15) is 0 Å². The first-order valence-electron chi connectivity index (χ1n) is 8.18. The third kappa shape index (κ3) is 4.12. The highest BCUT2D eigenvalue weighted by Gasteiger charge is 2.32. The van der Waals surface area contributed by atoms with Crippen molar-refractivity contribution in [2.45, 2.75) is 31.3 Å². The summed E-state index contributed by atoms with van der Waals surface area (Å²) in [5.41, 5.74) is 6.41. The molecule has 132 valence electrons. The molecule has 2 unspecified atom stereocenters. The number of hydrogen-bond acceptors (Lipinski definition) is 5. The number of nitrogens with one attached hydrogen (secondary N) is 3. The van der Waals surface area contributed by atoms with E-state index in [1.54, 1.807) is 18.2 Å². The Kier molecular flexibility index (Phi) is 5.17. The molecule has 1 aromatic carbocycles. The summed E-state index contributed by atoms with van der Waals surface area (Å²) >= 11 is 0. The summed E-state index contributed by atoms with van der Waals surface area (Å²) in [6.45, 7) is 0.483. The van der Waals surface area contributed by atoms with Crippen LogP contribution >= 0.6 is 0 Å². The van der Waals surface area contributed by atoms with Crippen LogP contribution in [0.2, 0.25) is 0 Å². The summed E-state index contributed by atoms with van der Waals surface area (Å²) in [6, 6.07) is 5.84. The van der Waals surface area contributed by atoms with E-state index in [0.29, 0.717) is 31.4 Å². The Labute approximate surface area is 141 Å². The maximum absolute atomic E-state index is 13.8. The fraction of sp³-hybridized carbons (Fsp3) is 0.562. The number of hydrazine groups is 1. The van der Waals surface area contributed by atoms with Crippen LogP contribution in [0.3, 0.4) is 0 Å². The summed E-state index contributed by atoms with van der Waals surface area (Å²) in [5, 5.41) is 2.88. The van der Waals surface area contributed by atoms with Crippen molar-refractivity contribution in [3.63, 3.8) is 0 Å². The second kappa shape index (κ2) is 7.16. The average molecular weight is 355 g/mol. The van der Waals surface area contributed by atoms with Crippen LogP contribution in [0.5, 0.6) is 0 Å². The number of amides is 1. The van der Waals surface area contributed by atoms with Crippen molar-refractivity contribution in [1.29, 1.82) is 0 Å². The largest absolute Gasteiger partial charge is 0.354 e. The lowest BCUT2D eigenvalue weighted by molar-refractivity contribution is -0.123. The first kappa shape index (κ1) is 17.3. The van der Waals surface area contributed by atoms with Gasteiger partial charge in [-0.3, -0.25) is 4.79 Å². The molecule has 1 aromatic rings. The van der Waals surface area contributed by atoms with Gasteiger partial charge in [-0.15, -0.1) is 0 Å². The second-order valence-corrected chi connectivity index (χ2v) is 8.80. The van der Waals surface area contributed by atoms with Crippen molar-refractivity contribution in [3.05, 3.63) is 35.6 Å². The van der Waals surface area contributed by atoms with Crippen molar-refractivity contribution in [3.8, 4) is 0 Å². The zero-order valence-corrected chi connectivity index (χ0v) is 14.1. The lowest BCUT2D eigenvalue weighted by Crippen LogP contribution is -2.45. The summed E-state index contributed by atoms with van der Waals surface area (Å²) < 4.78 is 36.6. The third-order valence-corrected chi connectivity index (χ3v) is 6.45. The maximum Gasteiger partial charge on any atom is 0.238 e. The van der Waals surface area contributed by atoms with Gasteiger partial charge in [0.15, 0.2) is 0 Å². The van der Waals surface area contributed by atoms with Crippen LogP contribution in [-0.2, 0) is 14.6 Å². The highest BCUT2D eigenvalue weighted by atomic mass is 32.2. The zero-order valence-electron chi connectivity index (χ0n) is 13.3. The highest BCUT2D eigenvalue weighted by Crippen LogP contribution is 2.24. The van der Waals surface area contributed by atoms with E-state index in [0.717, 1.165) is 0 Å². The van der Waals surface area contributed by atoms with Gasteiger partial charge in [0.05, 0.1) is 17.5 Å². The molecule has 1 amide bonds. The zero-order chi connectivity index (χ0) is 17.2. The van der Waals surface area contributed by atoms with E-state index in [2.05, 4.69) is 16.2 Å². The molecule has 0 aliphatic carbocycles. The van der Waals surface area contributed by atoms with Crippen LogP contribution in [0.1, 0.15) is 30.9 Å². The van der Waals surface area contributed by atoms with Crippen molar-refractivity contribution >= 4 is 15.7 Å². The van der Waals surface area contributed by atoms with Crippen LogP contribution in [0, 0.1) is 11.7 Å². The van der Waals surface area contributed by atoms with Gasteiger partial charge in [0.25, 0.3) is 0 Å². The molecule has 0 radical (unpaired) electrons. The van der Waals surface area contributed by atoms with Gasteiger partial charge in [0.1, 0.15) is 21.7 Å². The molecule has 2 aliphatic rings. The number of carbonyl (C=O) groups excluding carboxylic acids is 1. The topological polar surface area (TPSA) is 87.3 Å². The Morgan fingerprint density at radius 2 is 1.92 bits per heavy atom. The molecule has 0 spiro atoms. The molecule has 2 aliphatic heterocycles. The number of carbonyl (C=O) groups is 1. The Balaban J connectivity index is 1.48. The molecule has 2 heterocycles. The smallest absolute Gasteiger partial charge is 0.238 e. The molecule has 3 N–H and O–H groups in total. The SMILES string of the molecule is O=C(NCC1CCS(=O)(=O)CC1)C1CC(c2ccccc2F)NN1. The van der Waals surface area contributed by atoms with Crippen molar-refractivity contribution in [2.75, 3.05) is 18.1 Å². The Bertz CT molecular complexity index is 696. The number of sulfone groups is 1. The Morgan fingerprint density at radius 3 is 2.62 bits per heavy atom. The standard InChI is InChI=1S/C16H22FN3O3S/c17-13-4-2-1-3-12(13)14-9-15(20-19-14)16(21)18-10-11-5-7-24(22,23)8-6-11/h1-4,11,14-15,19-20H,5-10H2,(H,18,21). The predicted molar refractivity (Wildman–Crippen MR) is 88.2 cm³/mol. The fourth-order valence-corrected chi connectivity index (χ4v) is 4.79. The number of hydrogen-bond donors (Lipinski definition) is 3. The molecular weight excluding hydrogens is 333 g/mol. The predicted octanol–water partition coefficient (Wildman–Crippen LogP) is 0.674. The number of rotatable bonds is 4. The third-order valence-electron chi connectivity index (χ3n) is 4.74. The minimum Gasteiger partial charge on any atom is -0.354 e. The molecule has 2 atom stereocenters. The van der Waals surface area contributed by atoms with E-state index in [-0.39, 0.29) is 35.2 Å². The Morgan fingerprint density at radius 1 is 1.21 bits per heavy atom. The van der Waals surface area contributed by atoms with Gasteiger partial charge >= 0.3 is 0 Å².